The van der Waals surface area contributed by atoms with Gasteiger partial charge < -0.3 is 0 Å². The summed E-state index contributed by atoms with van der Waals surface area (Å²) in [5.41, 5.74) is 0. The van der Waals surface area contributed by atoms with Gasteiger partial charge in [-0.05, 0) is 19.5 Å². The Balaban J connectivity index is -0.000000000246. The van der Waals surface area contributed by atoms with Crippen LogP contribution in [0.25, 0.3) is 0 Å². The predicted molar refractivity (Wildman–Crippen MR) is 288 cm³/mol. The second-order valence-electron chi connectivity index (χ2n) is 1.40. The van der Waals surface area contributed by atoms with Crippen molar-refractivity contribution >= 4 is 227 Å². The van der Waals surface area contributed by atoms with Crippen LogP contribution in [-0.4, -0.2) is 238 Å². The van der Waals surface area contributed by atoms with Gasteiger partial charge in [0.2, 0.25) is 0 Å². The van der Waals surface area contributed by atoms with E-state index in [1.807, 2.05) is 0 Å². The fourth-order valence-electron chi connectivity index (χ4n) is 0. The van der Waals surface area contributed by atoms with E-state index in [0.29, 0.717) is 7.92 Å². The number of hydrogen-bond donors (Lipinski definition) is 0. The zero-order valence-corrected chi connectivity index (χ0v) is 5.05. The maximum atomic E-state index is 2.29. The Morgan fingerprint density at radius 1 is 0.258 bits per heavy atom. The van der Waals surface area contributed by atoms with Crippen LogP contribution in [-0.2, 0) is 0 Å². The third-order valence-corrected chi connectivity index (χ3v) is 1.90. The van der Waals surface area contributed by atoms with Crippen molar-refractivity contribution in [2.45, 2.75) is 6.92 Å². The third kappa shape index (κ3) is 1720. The first-order valence-corrected chi connectivity index (χ1v) is 4.34. The number of rotatable bonds is 1. The first-order valence-electron chi connectivity index (χ1n) is 1.92. The molecule has 0 nitrogen and oxygen atoms in total. The standard InChI is InChI=1S/C4H11P.26BH3/c1-4-5(2)3;;;;;;;;;;;;;;;;;;;;;;;;;;/h4H2,1-3H3;26*1H3. The molecule has 0 spiro atoms. The molecule has 0 aromatic heterocycles. The van der Waals surface area contributed by atoms with Gasteiger partial charge in [0.1, 0.15) is 0 Å². The minimum Gasteiger partial charge on any atom is -0.113 e. The van der Waals surface area contributed by atoms with E-state index in [1.54, 1.807) is 0 Å². The molecule has 0 fully saturated rings. The maximum absolute atomic E-state index is 2.29. The van der Waals surface area contributed by atoms with Gasteiger partial charge >= 0.3 is 0 Å². The molecule has 0 aliphatic rings. The molecule has 0 bridgehead atoms. The fourth-order valence-corrected chi connectivity index (χ4v) is 0. The lowest BCUT2D eigenvalue weighted by Gasteiger charge is -1.92. The van der Waals surface area contributed by atoms with Gasteiger partial charge in [-0.2, -0.15) is 0 Å². The second kappa shape index (κ2) is 831. The first kappa shape index (κ1) is 913. The largest absolute Gasteiger partial charge is 0.113 e. The highest BCUT2D eigenvalue weighted by atomic mass is 31.1. The molecule has 0 rings (SSSR count). The van der Waals surface area contributed by atoms with Crippen molar-refractivity contribution in [3.8, 4) is 0 Å². The van der Waals surface area contributed by atoms with Crippen LogP contribution in [0.15, 0.2) is 0 Å². The summed E-state index contributed by atoms with van der Waals surface area (Å²) in [5.74, 6) is 0. The lowest BCUT2D eigenvalue weighted by Crippen LogP contribution is -1.65. The molecule has 27 heteroatoms. The Bertz CT molecular complexity index is 37.4. The van der Waals surface area contributed by atoms with E-state index in [9.17, 15) is 0 Å². The Labute approximate surface area is 252 Å². The average molecular weight is 450 g/mol. The Kier molecular flexibility index (Phi) is 24500. The minimum atomic E-state index is 0. The Hall–Kier alpha value is 2.12. The lowest BCUT2D eigenvalue weighted by atomic mass is 10.8. The molecule has 0 unspecified atom stereocenters. The summed E-state index contributed by atoms with van der Waals surface area (Å²) in [6.07, 6.45) is 1.37. The summed E-state index contributed by atoms with van der Waals surface area (Å²) in [4.78, 5) is 0. The normalized spacial score (nSPS) is 1.55. The summed E-state index contributed by atoms with van der Waals surface area (Å²) in [6, 6.07) is 0. The summed E-state index contributed by atoms with van der Waals surface area (Å²) in [6.45, 7) is 6.80. The van der Waals surface area contributed by atoms with E-state index in [2.05, 4.69) is 20.3 Å². The summed E-state index contributed by atoms with van der Waals surface area (Å²) < 4.78 is 0. The summed E-state index contributed by atoms with van der Waals surface area (Å²) >= 11 is 0. The molecule has 0 aliphatic heterocycles. The Morgan fingerprint density at radius 2 is 0.290 bits per heavy atom. The molecule has 0 N–H and O–H groups in total. The van der Waals surface area contributed by atoms with Gasteiger partial charge in [-0.3, -0.25) is 0 Å². The highest BCUT2D eigenvalue weighted by Gasteiger charge is 1.78. The van der Waals surface area contributed by atoms with Gasteiger partial charge in [-0.25, -0.2) is 0 Å². The van der Waals surface area contributed by atoms with E-state index in [1.165, 1.54) is 6.16 Å². The van der Waals surface area contributed by atoms with Gasteiger partial charge in [0.05, 0.1) is 219 Å². The first-order chi connectivity index (χ1) is 2.27. The van der Waals surface area contributed by atoms with E-state index in [4.69, 9.17) is 0 Å². The van der Waals surface area contributed by atoms with Crippen molar-refractivity contribution in [1.29, 1.82) is 0 Å². The third-order valence-electron chi connectivity index (χ3n) is 0.632. The lowest BCUT2D eigenvalue weighted by molar-refractivity contribution is 1.50. The molecule has 0 aromatic carbocycles. The SMILES string of the molecule is B.B.B.B.B.B.B.B.B.B.B.B.B.B.B.B.B.B.B.B.B.B.B.B.B.B.CCP(C)C. The molecule has 0 saturated carbocycles. The molecule has 0 aliphatic carbocycles. The van der Waals surface area contributed by atoms with Crippen LogP contribution < -0.4 is 0 Å². The van der Waals surface area contributed by atoms with Crippen molar-refractivity contribution in [3.63, 3.8) is 0 Å². The van der Waals surface area contributed by atoms with Crippen molar-refractivity contribution < 1.29 is 0 Å². The zero-order valence-electron chi connectivity index (χ0n) is 4.15. The molecular formula is C4H89B26P. The fraction of sp³-hybridized carbons (Fsp3) is 1.00. The molecule has 31 heavy (non-hydrogen) atoms. The zero-order chi connectivity index (χ0) is 4.28. The van der Waals surface area contributed by atoms with Crippen molar-refractivity contribution in [1.82, 2.24) is 0 Å². The van der Waals surface area contributed by atoms with Crippen LogP contribution in [0.2, 0.25) is 0 Å². The van der Waals surface area contributed by atoms with Crippen LogP contribution in [0.4, 0.5) is 0 Å². The van der Waals surface area contributed by atoms with E-state index < -0.39 is 0 Å². The molecule has 0 aromatic rings. The topological polar surface area (TPSA) is 0 Å². The highest BCUT2D eigenvalue weighted by Crippen LogP contribution is 2.21. The van der Waals surface area contributed by atoms with Gasteiger partial charge in [-0.15, -0.1) is 7.92 Å². The van der Waals surface area contributed by atoms with E-state index in [-0.39, 0.29) is 219 Å². The van der Waals surface area contributed by atoms with E-state index in [0.717, 1.165) is 0 Å². The Morgan fingerprint density at radius 3 is 0.290 bits per heavy atom. The van der Waals surface area contributed by atoms with Crippen LogP contribution in [0.3, 0.4) is 0 Å². The van der Waals surface area contributed by atoms with Crippen molar-refractivity contribution in [2.24, 2.45) is 0 Å². The highest BCUT2D eigenvalue weighted by molar-refractivity contribution is 7.55. The predicted octanol–water partition coefficient (Wildman–Crippen LogP) is -29.0. The molecule has 0 radical (unpaired) electrons. The smallest absolute Gasteiger partial charge is 0.0814 e. The van der Waals surface area contributed by atoms with Crippen molar-refractivity contribution in [3.05, 3.63) is 0 Å². The van der Waals surface area contributed by atoms with Gasteiger partial charge in [0.25, 0.3) is 0 Å². The van der Waals surface area contributed by atoms with E-state index >= 15 is 0 Å². The van der Waals surface area contributed by atoms with Crippen LogP contribution in [0, 0.1) is 0 Å². The van der Waals surface area contributed by atoms with Gasteiger partial charge in [-0.1, -0.05) is 6.92 Å². The van der Waals surface area contributed by atoms with Crippen molar-refractivity contribution in [2.75, 3.05) is 19.5 Å². The molecule has 0 saturated heterocycles. The summed E-state index contributed by atoms with van der Waals surface area (Å²) in [5, 5.41) is 0. The maximum Gasteiger partial charge on any atom is 0.0814 e. The monoisotopic (exact) mass is 455 g/mol. The van der Waals surface area contributed by atoms with Gasteiger partial charge in [0, 0.05) is 0 Å². The average Bonchev–Trinajstić information content (AvgIpc) is 1.38. The second-order valence-corrected chi connectivity index (χ2v) is 4.19. The molecular weight excluding hydrogens is 360 g/mol. The van der Waals surface area contributed by atoms with Crippen LogP contribution >= 0.6 is 7.92 Å². The molecule has 0 amide bonds. The van der Waals surface area contributed by atoms with Gasteiger partial charge in [0.15, 0.2) is 0 Å². The number of hydrogen-bond acceptors (Lipinski definition) is 0. The molecule has 0 atom stereocenters. The molecule has 0 heterocycles. The molecule has 188 valence electrons. The van der Waals surface area contributed by atoms with Crippen LogP contribution in [0.1, 0.15) is 6.92 Å². The quantitative estimate of drug-likeness (QED) is 0.276. The van der Waals surface area contributed by atoms with Crippen LogP contribution in [0.5, 0.6) is 0 Å². The summed E-state index contributed by atoms with van der Waals surface area (Å²) in [7, 11) is 0.402. The minimum absolute atomic E-state index is 0.